The molecule has 19 heavy (non-hydrogen) atoms. The molecule has 1 aliphatic heterocycles. The predicted octanol–water partition coefficient (Wildman–Crippen LogP) is 1.39. The van der Waals surface area contributed by atoms with Crippen LogP contribution in [0.15, 0.2) is 6.33 Å². The molecule has 1 saturated heterocycles. The summed E-state index contributed by atoms with van der Waals surface area (Å²) in [6, 6.07) is 0. The van der Waals surface area contributed by atoms with Crippen LogP contribution >= 0.6 is 0 Å². The zero-order valence-corrected chi connectivity index (χ0v) is 11.7. The van der Waals surface area contributed by atoms with Crippen LogP contribution in [0.5, 0.6) is 11.6 Å². The topological polar surface area (TPSA) is 59.5 Å². The zero-order valence-electron chi connectivity index (χ0n) is 11.7. The summed E-state index contributed by atoms with van der Waals surface area (Å²) in [6.45, 7) is 6.69. The molecule has 0 radical (unpaired) electrons. The molecular formula is C13H22N4O2. The van der Waals surface area contributed by atoms with Gasteiger partial charge in [-0.15, -0.1) is 0 Å². The van der Waals surface area contributed by atoms with E-state index in [1.807, 2.05) is 6.92 Å². The Morgan fingerprint density at radius 3 is 2.79 bits per heavy atom. The third-order valence-electron chi connectivity index (χ3n) is 3.16. The van der Waals surface area contributed by atoms with Gasteiger partial charge in [0.1, 0.15) is 12.9 Å². The first-order valence-corrected chi connectivity index (χ1v) is 6.83. The van der Waals surface area contributed by atoms with Crippen LogP contribution in [-0.4, -0.2) is 54.8 Å². The van der Waals surface area contributed by atoms with Crippen LogP contribution in [-0.2, 0) is 0 Å². The van der Waals surface area contributed by atoms with E-state index in [-0.39, 0.29) is 0 Å². The summed E-state index contributed by atoms with van der Waals surface area (Å²) in [6.07, 6.45) is 4.08. The first kappa shape index (κ1) is 13.9. The lowest BCUT2D eigenvalue weighted by molar-refractivity contribution is 0.223. The first-order chi connectivity index (χ1) is 9.35. The van der Waals surface area contributed by atoms with E-state index in [4.69, 9.17) is 9.47 Å². The van der Waals surface area contributed by atoms with Crippen molar-refractivity contribution in [3.8, 4) is 11.6 Å². The summed E-state index contributed by atoms with van der Waals surface area (Å²) in [5, 5.41) is 3.13. The maximum atomic E-state index is 5.72. The lowest BCUT2D eigenvalue weighted by Crippen LogP contribution is -2.25. The molecule has 1 N–H and O–H groups in total. The predicted molar refractivity (Wildman–Crippen MR) is 73.9 cm³/mol. The smallest absolute Gasteiger partial charge is 0.262 e. The van der Waals surface area contributed by atoms with Crippen molar-refractivity contribution in [2.75, 3.05) is 45.2 Å². The number of hydrogen-bond acceptors (Lipinski definition) is 6. The lowest BCUT2D eigenvalue weighted by Gasteiger charge is -2.16. The van der Waals surface area contributed by atoms with E-state index in [9.17, 15) is 0 Å². The number of nitrogens with zero attached hydrogens (tertiary/aromatic N) is 3. The van der Waals surface area contributed by atoms with E-state index in [1.54, 1.807) is 7.11 Å². The van der Waals surface area contributed by atoms with E-state index in [1.165, 1.54) is 32.3 Å². The molecule has 1 aromatic heterocycles. The first-order valence-electron chi connectivity index (χ1n) is 6.83. The summed E-state index contributed by atoms with van der Waals surface area (Å²) >= 11 is 0. The fourth-order valence-corrected chi connectivity index (χ4v) is 2.22. The summed E-state index contributed by atoms with van der Waals surface area (Å²) in [4.78, 5) is 10.7. The summed E-state index contributed by atoms with van der Waals surface area (Å²) in [5.41, 5.74) is 0. The van der Waals surface area contributed by atoms with Crippen LogP contribution in [0.25, 0.3) is 0 Å². The summed E-state index contributed by atoms with van der Waals surface area (Å²) in [5.74, 6) is 1.76. The molecule has 6 heteroatoms. The van der Waals surface area contributed by atoms with Gasteiger partial charge in [-0.3, -0.25) is 4.90 Å². The molecule has 2 heterocycles. The fourth-order valence-electron chi connectivity index (χ4n) is 2.22. The highest BCUT2D eigenvalue weighted by Crippen LogP contribution is 2.30. The quantitative estimate of drug-likeness (QED) is 0.805. The van der Waals surface area contributed by atoms with Crippen LogP contribution in [0, 0.1) is 0 Å². The Bertz CT molecular complexity index is 394. The number of ether oxygens (including phenoxy) is 2. The van der Waals surface area contributed by atoms with E-state index < -0.39 is 0 Å². The van der Waals surface area contributed by atoms with Crippen molar-refractivity contribution in [3.05, 3.63) is 6.33 Å². The fraction of sp³-hybridized carbons (Fsp3) is 0.692. The largest absolute Gasteiger partial charge is 0.489 e. The molecule has 0 unspecified atom stereocenters. The number of hydrogen-bond donors (Lipinski definition) is 1. The molecule has 0 atom stereocenters. The van der Waals surface area contributed by atoms with Crippen molar-refractivity contribution in [3.63, 3.8) is 0 Å². The maximum Gasteiger partial charge on any atom is 0.262 e. The molecule has 1 aliphatic rings. The minimum Gasteiger partial charge on any atom is -0.489 e. The minimum atomic E-state index is 0.507. The van der Waals surface area contributed by atoms with Crippen LogP contribution in [0.1, 0.15) is 19.8 Å². The van der Waals surface area contributed by atoms with Crippen LogP contribution < -0.4 is 14.8 Å². The third-order valence-corrected chi connectivity index (χ3v) is 3.16. The number of rotatable bonds is 7. The molecule has 0 spiro atoms. The van der Waals surface area contributed by atoms with Crippen LogP contribution in [0.2, 0.25) is 0 Å². The van der Waals surface area contributed by atoms with Crippen molar-refractivity contribution in [1.29, 1.82) is 0 Å². The van der Waals surface area contributed by atoms with Gasteiger partial charge < -0.3 is 14.8 Å². The Balaban J connectivity index is 1.92. The molecule has 6 nitrogen and oxygen atoms in total. The highest BCUT2D eigenvalue weighted by Gasteiger charge is 2.14. The lowest BCUT2D eigenvalue weighted by atomic mass is 10.4. The number of likely N-dealkylation sites (tertiary alicyclic amines) is 1. The van der Waals surface area contributed by atoms with Gasteiger partial charge in [-0.1, -0.05) is 0 Å². The number of anilines is 1. The molecule has 0 aliphatic carbocycles. The molecule has 1 aromatic rings. The second-order valence-electron chi connectivity index (χ2n) is 4.49. The second-order valence-corrected chi connectivity index (χ2v) is 4.49. The van der Waals surface area contributed by atoms with Gasteiger partial charge in [-0.25, -0.2) is 4.98 Å². The van der Waals surface area contributed by atoms with Crippen molar-refractivity contribution in [1.82, 2.24) is 14.9 Å². The molecule has 0 aromatic carbocycles. The molecule has 2 rings (SSSR count). The Morgan fingerprint density at radius 1 is 1.32 bits per heavy atom. The molecule has 106 valence electrons. The number of methoxy groups -OCH3 is 1. The van der Waals surface area contributed by atoms with Crippen molar-refractivity contribution in [2.24, 2.45) is 0 Å². The van der Waals surface area contributed by atoms with Gasteiger partial charge in [0.25, 0.3) is 5.88 Å². The molecule has 0 saturated carbocycles. The highest BCUT2D eigenvalue weighted by molar-refractivity contribution is 5.54. The minimum absolute atomic E-state index is 0.507. The van der Waals surface area contributed by atoms with Gasteiger partial charge in [0.2, 0.25) is 5.75 Å². The molecule has 1 fully saturated rings. The zero-order chi connectivity index (χ0) is 13.5. The average Bonchev–Trinajstić information content (AvgIpc) is 2.93. The Labute approximate surface area is 114 Å². The van der Waals surface area contributed by atoms with Gasteiger partial charge in [0.05, 0.1) is 7.11 Å². The standard InChI is InChI=1S/C13H22N4O2/c1-3-14-12-11(18-2)13(16-10-15-12)19-9-8-17-6-4-5-7-17/h10H,3-9H2,1-2H3,(H,14,15,16). The number of nitrogens with one attached hydrogen (secondary N) is 1. The summed E-state index contributed by atoms with van der Waals surface area (Å²) < 4.78 is 11.0. The average molecular weight is 266 g/mol. The van der Waals surface area contributed by atoms with Crippen LogP contribution in [0.3, 0.4) is 0 Å². The Kier molecular flexibility index (Phi) is 5.20. The van der Waals surface area contributed by atoms with Gasteiger partial charge in [0, 0.05) is 13.1 Å². The normalized spacial score (nSPS) is 15.5. The van der Waals surface area contributed by atoms with Crippen LogP contribution in [0.4, 0.5) is 5.82 Å². The van der Waals surface area contributed by atoms with E-state index in [2.05, 4.69) is 20.2 Å². The highest BCUT2D eigenvalue weighted by atomic mass is 16.5. The third kappa shape index (κ3) is 3.70. The van der Waals surface area contributed by atoms with E-state index >= 15 is 0 Å². The van der Waals surface area contributed by atoms with Gasteiger partial charge in [-0.2, -0.15) is 4.98 Å². The van der Waals surface area contributed by atoms with E-state index in [0.717, 1.165) is 13.1 Å². The summed E-state index contributed by atoms with van der Waals surface area (Å²) in [7, 11) is 1.60. The maximum absolute atomic E-state index is 5.72. The van der Waals surface area contributed by atoms with E-state index in [0.29, 0.717) is 24.1 Å². The SMILES string of the molecule is CCNc1ncnc(OCCN2CCCC2)c1OC. The second kappa shape index (κ2) is 7.13. The van der Waals surface area contributed by atoms with Crippen molar-refractivity contribution in [2.45, 2.75) is 19.8 Å². The van der Waals surface area contributed by atoms with Gasteiger partial charge >= 0.3 is 0 Å². The molecule has 0 amide bonds. The van der Waals surface area contributed by atoms with Gasteiger partial charge in [-0.05, 0) is 32.9 Å². The Hall–Kier alpha value is -1.56. The molecule has 0 bridgehead atoms. The number of aromatic nitrogens is 2. The monoisotopic (exact) mass is 266 g/mol. The molecular weight excluding hydrogens is 244 g/mol. The van der Waals surface area contributed by atoms with Gasteiger partial charge in [0.15, 0.2) is 5.82 Å². The Morgan fingerprint density at radius 2 is 2.11 bits per heavy atom. The van der Waals surface area contributed by atoms with Crippen molar-refractivity contribution >= 4 is 5.82 Å². The van der Waals surface area contributed by atoms with Crippen molar-refractivity contribution < 1.29 is 9.47 Å².